The molecule has 2 atom stereocenters. The molecule has 5 nitrogen and oxygen atoms in total. The van der Waals surface area contributed by atoms with Gasteiger partial charge in [0.25, 0.3) is 5.91 Å². The lowest BCUT2D eigenvalue weighted by Gasteiger charge is -2.32. The first kappa shape index (κ1) is 20.1. The molecule has 1 saturated heterocycles. The molecule has 1 fully saturated rings. The highest BCUT2D eigenvalue weighted by Gasteiger charge is 2.53. The summed E-state index contributed by atoms with van der Waals surface area (Å²) >= 11 is 0. The summed E-state index contributed by atoms with van der Waals surface area (Å²) in [6, 6.07) is 0.114. The summed E-state index contributed by atoms with van der Waals surface area (Å²) in [7, 11) is -0.343. The van der Waals surface area contributed by atoms with Crippen molar-refractivity contribution < 1.29 is 18.8 Å². The number of carbonyl (C=O) groups excluding carboxylic acids is 1. The van der Waals surface area contributed by atoms with Gasteiger partial charge in [-0.1, -0.05) is 19.9 Å². The number of amides is 1. The zero-order valence-electron chi connectivity index (χ0n) is 16.8. The second-order valence-electron chi connectivity index (χ2n) is 8.41. The van der Waals surface area contributed by atoms with Crippen molar-refractivity contribution in [3.63, 3.8) is 0 Å². The van der Waals surface area contributed by atoms with E-state index in [1.807, 2.05) is 26.0 Å². The van der Waals surface area contributed by atoms with Crippen molar-refractivity contribution in [1.82, 2.24) is 5.32 Å². The van der Waals surface area contributed by atoms with E-state index < -0.39 is 0 Å². The first-order chi connectivity index (χ1) is 11.4. The number of ether oxygens (including phenoxy) is 1. The number of allylic oxidation sites excluding steroid dienone is 4. The van der Waals surface area contributed by atoms with E-state index in [1.165, 1.54) is 0 Å². The Morgan fingerprint density at radius 2 is 1.72 bits per heavy atom. The molecular weight excluding hydrogens is 317 g/mol. The van der Waals surface area contributed by atoms with Gasteiger partial charge in [0.05, 0.1) is 11.2 Å². The summed E-state index contributed by atoms with van der Waals surface area (Å²) in [5.74, 6) is 1.09. The van der Waals surface area contributed by atoms with Gasteiger partial charge in [-0.05, 0) is 59.0 Å². The minimum Gasteiger partial charge on any atom is -0.488 e. The Kier molecular flexibility index (Phi) is 5.74. The highest BCUT2D eigenvalue weighted by Crippen LogP contribution is 2.42. The third-order valence-electron chi connectivity index (χ3n) is 5.51. The average molecular weight is 349 g/mol. The molecule has 0 aromatic carbocycles. The fourth-order valence-electron chi connectivity index (χ4n) is 2.98. The van der Waals surface area contributed by atoms with Crippen molar-refractivity contribution in [2.75, 3.05) is 6.61 Å². The van der Waals surface area contributed by atoms with Crippen LogP contribution in [0, 0.1) is 11.8 Å². The van der Waals surface area contributed by atoms with Gasteiger partial charge in [-0.25, -0.2) is 0 Å². The van der Waals surface area contributed by atoms with Crippen molar-refractivity contribution in [2.45, 2.75) is 72.6 Å². The van der Waals surface area contributed by atoms with Crippen LogP contribution < -0.4 is 5.32 Å². The maximum absolute atomic E-state index is 11.8. The molecule has 2 rings (SSSR count). The van der Waals surface area contributed by atoms with Crippen molar-refractivity contribution in [3.05, 3.63) is 23.4 Å². The molecule has 1 aliphatic heterocycles. The molecule has 6 heteroatoms. The summed E-state index contributed by atoms with van der Waals surface area (Å²) in [5, 5.41) is 2.83. The molecular formula is C19H32BNO4. The Hall–Kier alpha value is -1.27. The standard InChI is InChI=1S/C19H32BNO4/c1-12(2)21-17(22)11-23-16-10-9-15(13(3)14(16)4)20-24-18(5,6)19(7,8)25-20/h9-10,12-14H,11H2,1-8H3,(H,21,22). The summed E-state index contributed by atoms with van der Waals surface area (Å²) in [6.45, 7) is 16.4. The molecule has 2 unspecified atom stereocenters. The van der Waals surface area contributed by atoms with E-state index in [-0.39, 0.29) is 48.7 Å². The minimum atomic E-state index is -0.350. The molecule has 0 saturated carbocycles. The fourth-order valence-corrected chi connectivity index (χ4v) is 2.98. The third-order valence-corrected chi connectivity index (χ3v) is 5.51. The first-order valence-corrected chi connectivity index (χ1v) is 9.14. The molecule has 1 N–H and O–H groups in total. The van der Waals surface area contributed by atoms with Gasteiger partial charge in [0.2, 0.25) is 0 Å². The van der Waals surface area contributed by atoms with Crippen LogP contribution in [0.1, 0.15) is 55.4 Å². The molecule has 0 aromatic rings. The van der Waals surface area contributed by atoms with E-state index in [0.29, 0.717) is 0 Å². The molecule has 2 aliphatic rings. The summed E-state index contributed by atoms with van der Waals surface area (Å²) < 4.78 is 18.1. The Morgan fingerprint density at radius 1 is 1.16 bits per heavy atom. The Balaban J connectivity index is 2.07. The second-order valence-corrected chi connectivity index (χ2v) is 8.41. The highest BCUT2D eigenvalue weighted by atomic mass is 16.7. The van der Waals surface area contributed by atoms with Gasteiger partial charge in [-0.2, -0.15) is 0 Å². The van der Waals surface area contributed by atoms with Gasteiger partial charge in [0.1, 0.15) is 5.76 Å². The van der Waals surface area contributed by atoms with E-state index in [0.717, 1.165) is 11.2 Å². The van der Waals surface area contributed by atoms with Crippen LogP contribution >= 0.6 is 0 Å². The quantitative estimate of drug-likeness (QED) is 0.774. The molecule has 140 valence electrons. The average Bonchev–Trinajstić information content (AvgIpc) is 2.68. The topological polar surface area (TPSA) is 56.8 Å². The molecule has 0 radical (unpaired) electrons. The van der Waals surface area contributed by atoms with Crippen LogP contribution in [-0.2, 0) is 18.8 Å². The molecule has 0 aromatic heterocycles. The number of rotatable bonds is 5. The second kappa shape index (κ2) is 7.16. The number of hydrogen-bond acceptors (Lipinski definition) is 4. The van der Waals surface area contributed by atoms with Crippen LogP contribution in [0.3, 0.4) is 0 Å². The predicted octanol–water partition coefficient (Wildman–Crippen LogP) is 3.26. The van der Waals surface area contributed by atoms with Crippen LogP contribution in [0.4, 0.5) is 0 Å². The van der Waals surface area contributed by atoms with E-state index in [9.17, 15) is 4.79 Å². The monoisotopic (exact) mass is 349 g/mol. The normalized spacial score (nSPS) is 27.8. The van der Waals surface area contributed by atoms with Crippen LogP contribution in [0.5, 0.6) is 0 Å². The van der Waals surface area contributed by atoms with Crippen LogP contribution in [0.25, 0.3) is 0 Å². The maximum atomic E-state index is 11.8. The molecule has 1 amide bonds. The Labute approximate surface area is 152 Å². The summed E-state index contributed by atoms with van der Waals surface area (Å²) in [6.07, 6.45) is 3.95. The van der Waals surface area contributed by atoms with Crippen molar-refractivity contribution >= 4 is 13.0 Å². The SMILES string of the molecule is CC(C)NC(=O)COC1=CC=C(B2OC(C)(C)C(C)(C)O2)C(C)C1C. The summed E-state index contributed by atoms with van der Waals surface area (Å²) in [5.41, 5.74) is 0.415. The zero-order valence-corrected chi connectivity index (χ0v) is 16.8. The van der Waals surface area contributed by atoms with Crippen LogP contribution in [-0.4, -0.2) is 36.9 Å². The van der Waals surface area contributed by atoms with Gasteiger partial charge >= 0.3 is 7.12 Å². The fraction of sp³-hybridized carbons (Fsp3) is 0.737. The molecule has 25 heavy (non-hydrogen) atoms. The van der Waals surface area contributed by atoms with Gasteiger partial charge in [-0.3, -0.25) is 4.79 Å². The number of nitrogens with one attached hydrogen (secondary N) is 1. The number of hydrogen-bond donors (Lipinski definition) is 1. The minimum absolute atomic E-state index is 0.0424. The van der Waals surface area contributed by atoms with Crippen molar-refractivity contribution in [1.29, 1.82) is 0 Å². The predicted molar refractivity (Wildman–Crippen MR) is 99.8 cm³/mol. The van der Waals surface area contributed by atoms with Crippen molar-refractivity contribution in [3.8, 4) is 0 Å². The smallest absolute Gasteiger partial charge is 0.488 e. The summed E-state index contributed by atoms with van der Waals surface area (Å²) in [4.78, 5) is 11.8. The van der Waals surface area contributed by atoms with E-state index >= 15 is 0 Å². The van der Waals surface area contributed by atoms with Gasteiger partial charge in [0, 0.05) is 12.0 Å². The maximum Gasteiger partial charge on any atom is 0.490 e. The molecule has 0 bridgehead atoms. The number of carbonyl (C=O) groups is 1. The van der Waals surface area contributed by atoms with Crippen molar-refractivity contribution in [2.24, 2.45) is 11.8 Å². The Bertz CT molecular complexity index is 564. The lowest BCUT2D eigenvalue weighted by molar-refractivity contribution is -0.125. The zero-order chi connectivity index (χ0) is 19.0. The van der Waals surface area contributed by atoms with E-state index in [2.05, 4.69) is 46.9 Å². The lowest BCUT2D eigenvalue weighted by atomic mass is 9.65. The van der Waals surface area contributed by atoms with Gasteiger partial charge in [-0.15, -0.1) is 0 Å². The van der Waals surface area contributed by atoms with Gasteiger partial charge in [0.15, 0.2) is 6.61 Å². The first-order valence-electron chi connectivity index (χ1n) is 9.14. The molecule has 1 aliphatic carbocycles. The Morgan fingerprint density at radius 3 is 2.24 bits per heavy atom. The molecule has 1 heterocycles. The van der Waals surface area contributed by atoms with E-state index in [4.69, 9.17) is 14.0 Å². The van der Waals surface area contributed by atoms with Crippen LogP contribution in [0.2, 0.25) is 0 Å². The lowest BCUT2D eigenvalue weighted by Crippen LogP contribution is -2.41. The molecule has 0 spiro atoms. The van der Waals surface area contributed by atoms with E-state index in [1.54, 1.807) is 0 Å². The highest BCUT2D eigenvalue weighted by molar-refractivity contribution is 6.54. The third kappa shape index (κ3) is 4.29. The van der Waals surface area contributed by atoms with Gasteiger partial charge < -0.3 is 19.4 Å². The largest absolute Gasteiger partial charge is 0.490 e. The van der Waals surface area contributed by atoms with Crippen LogP contribution in [0.15, 0.2) is 23.4 Å².